The van der Waals surface area contributed by atoms with Gasteiger partial charge < -0.3 is 4.57 Å². The molecule has 2 rings (SSSR count). The van der Waals surface area contributed by atoms with Crippen molar-refractivity contribution >= 4 is 11.8 Å². The number of aromatic nitrogens is 3. The molecule has 0 aliphatic rings. The predicted molar refractivity (Wildman–Crippen MR) is 65.8 cm³/mol. The van der Waals surface area contributed by atoms with E-state index in [1.54, 1.807) is 11.8 Å². The summed E-state index contributed by atoms with van der Waals surface area (Å²) in [6, 6.07) is 7.78. The highest BCUT2D eigenvalue weighted by Crippen LogP contribution is 2.29. The first-order chi connectivity index (χ1) is 8.11. The Morgan fingerprint density at radius 2 is 2.06 bits per heavy atom. The molecule has 0 N–H and O–H groups in total. The molecule has 86 valence electrons. The highest BCUT2D eigenvalue weighted by Gasteiger charge is 2.08. The number of benzene rings is 1. The van der Waals surface area contributed by atoms with Crippen LogP contribution in [0.25, 0.3) is 0 Å². The first kappa shape index (κ1) is 11.7. The molecular weight excluding hydrogens is 232 g/mol. The van der Waals surface area contributed by atoms with E-state index in [-0.39, 0.29) is 0 Å². The molecule has 2 aromatic rings. The number of nitrogens with zero attached hydrogens (tertiary/aromatic N) is 4. The van der Waals surface area contributed by atoms with E-state index in [0.717, 1.165) is 21.4 Å². The molecule has 0 bridgehead atoms. The molecule has 1 heterocycles. The summed E-state index contributed by atoms with van der Waals surface area (Å²) < 4.78 is 1.95. The second-order valence-electron chi connectivity index (χ2n) is 3.78. The van der Waals surface area contributed by atoms with Crippen LogP contribution in [0.1, 0.15) is 17.0 Å². The van der Waals surface area contributed by atoms with Gasteiger partial charge in [-0.1, -0.05) is 0 Å². The van der Waals surface area contributed by atoms with Crippen LogP contribution in [0.3, 0.4) is 0 Å². The van der Waals surface area contributed by atoms with Crippen LogP contribution in [0, 0.1) is 25.2 Å². The quantitative estimate of drug-likeness (QED) is 0.814. The van der Waals surface area contributed by atoms with Gasteiger partial charge in [-0.25, -0.2) is 0 Å². The van der Waals surface area contributed by atoms with Crippen molar-refractivity contribution < 1.29 is 0 Å². The van der Waals surface area contributed by atoms with Crippen LogP contribution in [0.5, 0.6) is 0 Å². The first-order valence-corrected chi connectivity index (χ1v) is 5.98. The lowest BCUT2D eigenvalue weighted by molar-refractivity contribution is 0.765. The fourth-order valence-corrected chi connectivity index (χ4v) is 2.31. The molecular formula is C12H12N4S. The van der Waals surface area contributed by atoms with Gasteiger partial charge in [0.15, 0.2) is 5.16 Å². The largest absolute Gasteiger partial charge is 0.309 e. The molecule has 0 aliphatic carbocycles. The number of nitriles is 1. The average Bonchev–Trinajstić information content (AvgIpc) is 2.63. The lowest BCUT2D eigenvalue weighted by Gasteiger charge is -2.05. The van der Waals surface area contributed by atoms with Crippen LogP contribution in [-0.4, -0.2) is 14.8 Å². The van der Waals surface area contributed by atoms with E-state index in [2.05, 4.69) is 16.3 Å². The summed E-state index contributed by atoms with van der Waals surface area (Å²) in [6.45, 7) is 3.91. The van der Waals surface area contributed by atoms with Gasteiger partial charge in [0.1, 0.15) is 5.82 Å². The monoisotopic (exact) mass is 244 g/mol. The van der Waals surface area contributed by atoms with Gasteiger partial charge in [0.2, 0.25) is 0 Å². The normalized spacial score (nSPS) is 10.2. The molecule has 0 saturated carbocycles. The molecule has 0 amide bonds. The number of hydrogen-bond acceptors (Lipinski definition) is 4. The van der Waals surface area contributed by atoms with Crippen LogP contribution < -0.4 is 0 Å². The molecule has 0 unspecified atom stereocenters. The van der Waals surface area contributed by atoms with Gasteiger partial charge in [-0.3, -0.25) is 0 Å². The topological polar surface area (TPSA) is 54.5 Å². The van der Waals surface area contributed by atoms with Crippen molar-refractivity contribution in [1.82, 2.24) is 14.8 Å². The molecule has 1 aromatic heterocycles. The van der Waals surface area contributed by atoms with Gasteiger partial charge >= 0.3 is 0 Å². The molecule has 0 spiro atoms. The third-order valence-electron chi connectivity index (χ3n) is 2.56. The van der Waals surface area contributed by atoms with Crippen molar-refractivity contribution in [3.63, 3.8) is 0 Å². The molecule has 0 fully saturated rings. The number of rotatable bonds is 2. The summed E-state index contributed by atoms with van der Waals surface area (Å²) in [5.74, 6) is 0.888. The summed E-state index contributed by atoms with van der Waals surface area (Å²) in [4.78, 5) is 1.10. The van der Waals surface area contributed by atoms with Crippen molar-refractivity contribution in [1.29, 1.82) is 5.26 Å². The van der Waals surface area contributed by atoms with E-state index in [4.69, 9.17) is 5.26 Å². The Labute approximate surface area is 104 Å². The number of hydrogen-bond donors (Lipinski definition) is 0. The highest BCUT2D eigenvalue weighted by molar-refractivity contribution is 7.99. The highest BCUT2D eigenvalue weighted by atomic mass is 32.2. The van der Waals surface area contributed by atoms with Crippen molar-refractivity contribution in [3.05, 3.63) is 35.2 Å². The van der Waals surface area contributed by atoms with Gasteiger partial charge in [-0.15, -0.1) is 10.2 Å². The average molecular weight is 244 g/mol. The zero-order chi connectivity index (χ0) is 12.4. The Morgan fingerprint density at radius 1 is 1.29 bits per heavy atom. The zero-order valence-electron chi connectivity index (χ0n) is 9.93. The lowest BCUT2D eigenvalue weighted by atomic mass is 10.2. The standard InChI is InChI=1S/C12H12N4S/c1-8-6-10(7-13)4-5-11(8)17-12-15-14-9(2)16(12)3/h4-6H,1-3H3. The summed E-state index contributed by atoms with van der Waals surface area (Å²) in [7, 11) is 1.94. The summed E-state index contributed by atoms with van der Waals surface area (Å²) in [6.07, 6.45) is 0. The summed E-state index contributed by atoms with van der Waals surface area (Å²) >= 11 is 1.56. The first-order valence-electron chi connectivity index (χ1n) is 5.16. The van der Waals surface area contributed by atoms with Crippen molar-refractivity contribution in [2.45, 2.75) is 23.9 Å². The van der Waals surface area contributed by atoms with Gasteiger partial charge in [0, 0.05) is 11.9 Å². The zero-order valence-corrected chi connectivity index (χ0v) is 10.7. The van der Waals surface area contributed by atoms with E-state index in [1.165, 1.54) is 0 Å². The minimum atomic E-state index is 0.681. The maximum Gasteiger partial charge on any atom is 0.195 e. The van der Waals surface area contributed by atoms with Gasteiger partial charge in [-0.2, -0.15) is 5.26 Å². The fraction of sp³-hybridized carbons (Fsp3) is 0.250. The molecule has 4 nitrogen and oxygen atoms in total. The SMILES string of the molecule is Cc1cc(C#N)ccc1Sc1nnc(C)n1C. The summed E-state index contributed by atoms with van der Waals surface area (Å²) in [5.41, 5.74) is 1.76. The molecule has 5 heteroatoms. The van der Waals surface area contributed by atoms with E-state index >= 15 is 0 Å². The third kappa shape index (κ3) is 2.32. The second-order valence-corrected chi connectivity index (χ2v) is 4.79. The molecule has 0 aliphatic heterocycles. The molecule has 0 radical (unpaired) electrons. The van der Waals surface area contributed by atoms with Crippen molar-refractivity contribution in [2.24, 2.45) is 7.05 Å². The van der Waals surface area contributed by atoms with Crippen LogP contribution in [0.4, 0.5) is 0 Å². The lowest BCUT2D eigenvalue weighted by Crippen LogP contribution is -1.93. The van der Waals surface area contributed by atoms with E-state index in [0.29, 0.717) is 5.56 Å². The Kier molecular flexibility index (Phi) is 3.16. The van der Waals surface area contributed by atoms with E-state index in [1.807, 2.05) is 43.7 Å². The smallest absolute Gasteiger partial charge is 0.195 e. The van der Waals surface area contributed by atoms with E-state index < -0.39 is 0 Å². The fourth-order valence-electron chi connectivity index (χ4n) is 1.41. The van der Waals surface area contributed by atoms with Crippen LogP contribution >= 0.6 is 11.8 Å². The van der Waals surface area contributed by atoms with Crippen molar-refractivity contribution in [3.8, 4) is 6.07 Å². The Balaban J connectivity index is 2.31. The Morgan fingerprint density at radius 3 is 2.59 bits per heavy atom. The Bertz CT molecular complexity index is 595. The predicted octanol–water partition coefficient (Wildman–Crippen LogP) is 2.45. The molecule has 17 heavy (non-hydrogen) atoms. The van der Waals surface area contributed by atoms with Gasteiger partial charge in [0.25, 0.3) is 0 Å². The summed E-state index contributed by atoms with van der Waals surface area (Å²) in [5, 5.41) is 17.8. The van der Waals surface area contributed by atoms with Gasteiger partial charge in [0.05, 0.1) is 11.6 Å². The molecule has 0 saturated heterocycles. The van der Waals surface area contributed by atoms with Crippen LogP contribution in [-0.2, 0) is 7.05 Å². The minimum absolute atomic E-state index is 0.681. The van der Waals surface area contributed by atoms with Crippen LogP contribution in [0.2, 0.25) is 0 Å². The van der Waals surface area contributed by atoms with Gasteiger partial charge in [-0.05, 0) is 49.4 Å². The third-order valence-corrected chi connectivity index (χ3v) is 3.77. The van der Waals surface area contributed by atoms with Crippen molar-refractivity contribution in [2.75, 3.05) is 0 Å². The maximum atomic E-state index is 8.81. The molecule has 0 atom stereocenters. The number of aryl methyl sites for hydroxylation is 2. The van der Waals surface area contributed by atoms with E-state index in [9.17, 15) is 0 Å². The minimum Gasteiger partial charge on any atom is -0.309 e. The van der Waals surface area contributed by atoms with Crippen LogP contribution in [0.15, 0.2) is 28.3 Å². The Hall–Kier alpha value is -1.80. The second kappa shape index (κ2) is 4.60. The maximum absolute atomic E-state index is 8.81. The molecule has 1 aromatic carbocycles.